The molecule has 2 aromatic rings. The standard InChI is InChI=1S/C16H21ClN2S/c1-11(12-7-5-6-8-13(12)17)18-9-15-19-14(10-20-15)16(2,3)4/h5-8,10-11,18H,9H2,1-4H3/t11-/m1/s1. The number of hydrogen-bond acceptors (Lipinski definition) is 3. The van der Waals surface area contributed by atoms with Gasteiger partial charge in [-0.25, -0.2) is 4.98 Å². The van der Waals surface area contributed by atoms with Crippen molar-refractivity contribution in [1.29, 1.82) is 0 Å². The number of thiazole rings is 1. The molecule has 0 unspecified atom stereocenters. The molecule has 0 spiro atoms. The lowest BCUT2D eigenvalue weighted by molar-refractivity contribution is 0.554. The van der Waals surface area contributed by atoms with E-state index in [0.717, 1.165) is 27.8 Å². The van der Waals surface area contributed by atoms with Gasteiger partial charge in [-0.1, -0.05) is 50.6 Å². The maximum absolute atomic E-state index is 6.21. The summed E-state index contributed by atoms with van der Waals surface area (Å²) in [7, 11) is 0. The van der Waals surface area contributed by atoms with Crippen LogP contribution in [0.2, 0.25) is 5.02 Å². The average molecular weight is 309 g/mol. The maximum atomic E-state index is 6.21. The van der Waals surface area contributed by atoms with Gasteiger partial charge < -0.3 is 5.32 Å². The quantitative estimate of drug-likeness (QED) is 0.865. The first-order valence-electron chi connectivity index (χ1n) is 6.80. The Bertz CT molecular complexity index is 572. The summed E-state index contributed by atoms with van der Waals surface area (Å²) in [4.78, 5) is 4.69. The van der Waals surface area contributed by atoms with Crippen molar-refractivity contribution in [2.75, 3.05) is 0 Å². The number of nitrogens with zero attached hydrogens (tertiary/aromatic N) is 1. The molecule has 0 aliphatic carbocycles. The molecule has 0 aliphatic rings. The van der Waals surface area contributed by atoms with Crippen molar-refractivity contribution in [2.24, 2.45) is 0 Å². The normalized spacial score (nSPS) is 13.4. The van der Waals surface area contributed by atoms with Crippen molar-refractivity contribution in [3.8, 4) is 0 Å². The van der Waals surface area contributed by atoms with Gasteiger partial charge in [0.05, 0.1) is 5.69 Å². The highest BCUT2D eigenvalue weighted by Crippen LogP contribution is 2.25. The third-order valence-electron chi connectivity index (χ3n) is 3.25. The van der Waals surface area contributed by atoms with E-state index in [1.165, 1.54) is 0 Å². The lowest BCUT2D eigenvalue weighted by Gasteiger charge is -2.15. The van der Waals surface area contributed by atoms with Crippen LogP contribution in [0.4, 0.5) is 0 Å². The topological polar surface area (TPSA) is 24.9 Å². The fraction of sp³-hybridized carbons (Fsp3) is 0.438. The molecule has 1 aromatic heterocycles. The summed E-state index contributed by atoms with van der Waals surface area (Å²) in [6.45, 7) is 9.45. The summed E-state index contributed by atoms with van der Waals surface area (Å²) < 4.78 is 0. The van der Waals surface area contributed by atoms with E-state index in [4.69, 9.17) is 16.6 Å². The second kappa shape index (κ2) is 6.25. The maximum Gasteiger partial charge on any atom is 0.107 e. The van der Waals surface area contributed by atoms with Crippen molar-refractivity contribution >= 4 is 22.9 Å². The Morgan fingerprint density at radius 3 is 2.60 bits per heavy atom. The molecule has 1 aromatic carbocycles. The van der Waals surface area contributed by atoms with Crippen molar-refractivity contribution in [2.45, 2.75) is 45.7 Å². The van der Waals surface area contributed by atoms with Gasteiger partial charge in [-0.3, -0.25) is 0 Å². The van der Waals surface area contributed by atoms with E-state index in [9.17, 15) is 0 Å². The predicted octanol–water partition coefficient (Wildman–Crippen LogP) is 4.94. The molecule has 0 amide bonds. The molecule has 1 atom stereocenters. The molecule has 4 heteroatoms. The Morgan fingerprint density at radius 1 is 1.30 bits per heavy atom. The number of halogens is 1. The van der Waals surface area contributed by atoms with Gasteiger partial charge in [0.1, 0.15) is 5.01 Å². The fourth-order valence-corrected chi connectivity index (χ4v) is 3.18. The second-order valence-corrected chi connectivity index (χ2v) is 7.35. The molecule has 108 valence electrons. The lowest BCUT2D eigenvalue weighted by Crippen LogP contribution is -2.19. The molecule has 0 radical (unpaired) electrons. The summed E-state index contributed by atoms with van der Waals surface area (Å²) >= 11 is 7.92. The van der Waals surface area contributed by atoms with Crippen LogP contribution in [0.1, 0.15) is 50.0 Å². The highest BCUT2D eigenvalue weighted by molar-refractivity contribution is 7.09. The number of aromatic nitrogens is 1. The molecule has 1 heterocycles. The molecule has 2 rings (SSSR count). The van der Waals surface area contributed by atoms with E-state index < -0.39 is 0 Å². The third-order valence-corrected chi connectivity index (χ3v) is 4.44. The molecule has 0 fully saturated rings. The van der Waals surface area contributed by atoms with Crippen LogP contribution in [0.25, 0.3) is 0 Å². The van der Waals surface area contributed by atoms with Gasteiger partial charge in [-0.15, -0.1) is 11.3 Å². The van der Waals surface area contributed by atoms with Crippen LogP contribution in [0.5, 0.6) is 0 Å². The van der Waals surface area contributed by atoms with E-state index in [2.05, 4.69) is 44.5 Å². The van der Waals surface area contributed by atoms with Crippen molar-refractivity contribution in [1.82, 2.24) is 10.3 Å². The molecular weight excluding hydrogens is 288 g/mol. The Hall–Kier alpha value is -0.900. The van der Waals surface area contributed by atoms with Crippen molar-refractivity contribution in [3.05, 3.63) is 50.9 Å². The average Bonchev–Trinajstić information content (AvgIpc) is 2.85. The van der Waals surface area contributed by atoms with Crippen LogP contribution >= 0.6 is 22.9 Å². The highest BCUT2D eigenvalue weighted by Gasteiger charge is 2.17. The van der Waals surface area contributed by atoms with Crippen molar-refractivity contribution < 1.29 is 0 Å². The largest absolute Gasteiger partial charge is 0.304 e. The van der Waals surface area contributed by atoms with Crippen LogP contribution < -0.4 is 5.32 Å². The fourth-order valence-electron chi connectivity index (χ4n) is 1.91. The SMILES string of the molecule is C[C@@H](NCc1nc(C(C)(C)C)cs1)c1ccccc1Cl. The number of nitrogens with one attached hydrogen (secondary N) is 1. The number of rotatable bonds is 4. The Morgan fingerprint density at radius 2 is 2.00 bits per heavy atom. The smallest absolute Gasteiger partial charge is 0.107 e. The van der Waals surface area contributed by atoms with Crippen LogP contribution in [-0.2, 0) is 12.0 Å². The molecule has 0 aliphatic heterocycles. The van der Waals surface area contributed by atoms with E-state index in [0.29, 0.717) is 0 Å². The van der Waals surface area contributed by atoms with Crippen LogP contribution in [-0.4, -0.2) is 4.98 Å². The first-order valence-corrected chi connectivity index (χ1v) is 8.06. The Kier molecular flexibility index (Phi) is 4.84. The van der Waals surface area contributed by atoms with Gasteiger partial charge in [0.15, 0.2) is 0 Å². The van der Waals surface area contributed by atoms with Gasteiger partial charge in [0, 0.05) is 28.4 Å². The zero-order chi connectivity index (χ0) is 14.8. The third kappa shape index (κ3) is 3.81. The summed E-state index contributed by atoms with van der Waals surface area (Å²) in [6.07, 6.45) is 0. The molecule has 2 nitrogen and oxygen atoms in total. The first-order chi connectivity index (χ1) is 9.38. The minimum Gasteiger partial charge on any atom is -0.304 e. The minimum atomic E-state index is 0.114. The summed E-state index contributed by atoms with van der Waals surface area (Å²) in [5.41, 5.74) is 2.40. The molecule has 20 heavy (non-hydrogen) atoms. The van der Waals surface area contributed by atoms with Crippen LogP contribution in [0, 0.1) is 0 Å². The molecule has 1 N–H and O–H groups in total. The monoisotopic (exact) mass is 308 g/mol. The second-order valence-electron chi connectivity index (χ2n) is 6.00. The lowest BCUT2D eigenvalue weighted by atomic mass is 9.93. The summed E-state index contributed by atoms with van der Waals surface area (Å²) in [5, 5.41) is 7.56. The van der Waals surface area contributed by atoms with E-state index in [1.54, 1.807) is 11.3 Å². The molecular formula is C16H21ClN2S. The van der Waals surface area contributed by atoms with Gasteiger partial charge in [0.2, 0.25) is 0 Å². The Labute approximate surface area is 130 Å². The predicted molar refractivity (Wildman–Crippen MR) is 87.5 cm³/mol. The summed E-state index contributed by atoms with van der Waals surface area (Å²) in [5.74, 6) is 0. The first kappa shape index (κ1) is 15.5. The number of hydrogen-bond donors (Lipinski definition) is 1. The zero-order valence-corrected chi connectivity index (χ0v) is 14.0. The van der Waals surface area contributed by atoms with Crippen LogP contribution in [0.3, 0.4) is 0 Å². The van der Waals surface area contributed by atoms with Gasteiger partial charge in [-0.2, -0.15) is 0 Å². The summed E-state index contributed by atoms with van der Waals surface area (Å²) in [6, 6.07) is 8.17. The van der Waals surface area contributed by atoms with E-state index >= 15 is 0 Å². The van der Waals surface area contributed by atoms with E-state index in [1.807, 2.05) is 18.2 Å². The zero-order valence-electron chi connectivity index (χ0n) is 12.4. The van der Waals surface area contributed by atoms with Gasteiger partial charge in [-0.05, 0) is 18.6 Å². The van der Waals surface area contributed by atoms with Gasteiger partial charge >= 0.3 is 0 Å². The van der Waals surface area contributed by atoms with E-state index in [-0.39, 0.29) is 11.5 Å². The van der Waals surface area contributed by atoms with Crippen LogP contribution in [0.15, 0.2) is 29.6 Å². The Balaban J connectivity index is 1.99. The molecule has 0 bridgehead atoms. The minimum absolute atomic E-state index is 0.114. The highest BCUT2D eigenvalue weighted by atomic mass is 35.5. The molecule has 0 saturated carbocycles. The molecule has 0 saturated heterocycles. The van der Waals surface area contributed by atoms with Gasteiger partial charge in [0.25, 0.3) is 0 Å². The van der Waals surface area contributed by atoms with Crippen molar-refractivity contribution in [3.63, 3.8) is 0 Å². The number of benzene rings is 1.